The van der Waals surface area contributed by atoms with Gasteiger partial charge in [-0.2, -0.15) is 0 Å². The number of nitrogens with zero attached hydrogens (tertiary/aromatic N) is 1. The number of nitrogens with one attached hydrogen (secondary N) is 1. The summed E-state index contributed by atoms with van der Waals surface area (Å²) in [5.74, 6) is -1.29. The number of benzene rings is 2. The number of amides is 3. The highest BCUT2D eigenvalue weighted by Crippen LogP contribution is 2.25. The number of imide groups is 1. The first-order chi connectivity index (χ1) is 14.2. The minimum absolute atomic E-state index is 0.102. The zero-order valence-corrected chi connectivity index (χ0v) is 16.7. The number of primary amides is 1. The van der Waals surface area contributed by atoms with E-state index in [1.807, 2.05) is 0 Å². The Kier molecular flexibility index (Phi) is 6.04. The third-order valence-corrected chi connectivity index (χ3v) is 5.92. The third kappa shape index (κ3) is 4.42. The van der Waals surface area contributed by atoms with E-state index in [-0.39, 0.29) is 22.8 Å². The minimum atomic E-state index is -4.17. The molecular formula is C19H19N3O7S. The monoisotopic (exact) mass is 433 g/mol. The molecule has 0 aromatic heterocycles. The molecule has 0 unspecified atom stereocenters. The standard InChI is InChI=1S/C19H19N3O7S/c1-28-16-8-7-13(9-14(16)18(20)24)30(26,27)21-15(12-5-3-2-4-6-12)10-22-17(23)11-29-19(22)25/h2-9,15,21H,10-11H2,1H3,(H2,20,24)/t15-/m0/s1. The van der Waals surface area contributed by atoms with Gasteiger partial charge in [-0.3, -0.25) is 9.59 Å². The van der Waals surface area contributed by atoms with Gasteiger partial charge in [0.25, 0.3) is 11.8 Å². The van der Waals surface area contributed by atoms with Gasteiger partial charge in [0.05, 0.1) is 30.2 Å². The molecule has 1 atom stereocenters. The number of rotatable bonds is 8. The lowest BCUT2D eigenvalue weighted by molar-refractivity contribution is -0.126. The lowest BCUT2D eigenvalue weighted by atomic mass is 10.1. The Bertz CT molecular complexity index is 1070. The van der Waals surface area contributed by atoms with Crippen molar-refractivity contribution in [3.63, 3.8) is 0 Å². The zero-order valence-electron chi connectivity index (χ0n) is 15.9. The van der Waals surface area contributed by atoms with Crippen LogP contribution < -0.4 is 15.2 Å². The SMILES string of the molecule is COc1ccc(S(=O)(=O)N[C@@H](CN2C(=O)COC2=O)c2ccccc2)cc1C(N)=O. The zero-order chi connectivity index (χ0) is 21.9. The van der Waals surface area contributed by atoms with Crippen LogP contribution in [0, 0.1) is 0 Å². The van der Waals surface area contributed by atoms with Crippen LogP contribution in [0.4, 0.5) is 4.79 Å². The van der Waals surface area contributed by atoms with Crippen molar-refractivity contribution in [3.8, 4) is 5.75 Å². The molecule has 0 spiro atoms. The van der Waals surface area contributed by atoms with E-state index >= 15 is 0 Å². The summed E-state index contributed by atoms with van der Waals surface area (Å²) in [4.78, 5) is 36.0. The largest absolute Gasteiger partial charge is 0.496 e. The van der Waals surface area contributed by atoms with Gasteiger partial charge in [0.2, 0.25) is 10.0 Å². The second-order valence-electron chi connectivity index (χ2n) is 6.37. The van der Waals surface area contributed by atoms with Gasteiger partial charge in [0.15, 0.2) is 6.61 Å². The Hall–Kier alpha value is -3.44. The molecule has 1 saturated heterocycles. The fourth-order valence-corrected chi connectivity index (χ4v) is 4.18. The summed E-state index contributed by atoms with van der Waals surface area (Å²) in [6, 6.07) is 11.2. The van der Waals surface area contributed by atoms with Crippen molar-refractivity contribution in [2.75, 3.05) is 20.3 Å². The van der Waals surface area contributed by atoms with Crippen LogP contribution in [-0.2, 0) is 19.6 Å². The molecular weight excluding hydrogens is 414 g/mol. The first kappa shape index (κ1) is 21.3. The van der Waals surface area contributed by atoms with Crippen molar-refractivity contribution in [1.82, 2.24) is 9.62 Å². The van der Waals surface area contributed by atoms with Crippen LogP contribution in [-0.4, -0.2) is 51.5 Å². The molecule has 0 radical (unpaired) electrons. The van der Waals surface area contributed by atoms with Crippen LogP contribution in [0.3, 0.4) is 0 Å². The maximum Gasteiger partial charge on any atom is 0.417 e. The second kappa shape index (κ2) is 8.51. The fraction of sp³-hybridized carbons (Fsp3) is 0.211. The van der Waals surface area contributed by atoms with E-state index in [2.05, 4.69) is 4.72 Å². The number of methoxy groups -OCH3 is 1. The van der Waals surface area contributed by atoms with Crippen molar-refractivity contribution in [3.05, 3.63) is 59.7 Å². The summed E-state index contributed by atoms with van der Waals surface area (Å²) in [7, 11) is -2.84. The van der Waals surface area contributed by atoms with Crippen molar-refractivity contribution in [2.24, 2.45) is 5.73 Å². The van der Waals surface area contributed by atoms with Gasteiger partial charge in [-0.15, -0.1) is 0 Å². The van der Waals surface area contributed by atoms with E-state index in [9.17, 15) is 22.8 Å². The van der Waals surface area contributed by atoms with E-state index in [0.29, 0.717) is 5.56 Å². The minimum Gasteiger partial charge on any atom is -0.496 e. The van der Waals surface area contributed by atoms with Gasteiger partial charge in [-0.05, 0) is 23.8 Å². The molecule has 3 N–H and O–H groups in total. The van der Waals surface area contributed by atoms with Gasteiger partial charge in [0.1, 0.15) is 5.75 Å². The Labute approximate surface area is 172 Å². The van der Waals surface area contributed by atoms with E-state index in [0.717, 1.165) is 11.0 Å². The number of carbonyl (C=O) groups excluding carboxylic acids is 3. The van der Waals surface area contributed by atoms with Crippen LogP contribution in [0.2, 0.25) is 0 Å². The molecule has 1 aliphatic rings. The normalized spacial score (nSPS) is 15.0. The summed E-state index contributed by atoms with van der Waals surface area (Å²) in [6.07, 6.45) is -0.847. The molecule has 11 heteroatoms. The van der Waals surface area contributed by atoms with Gasteiger partial charge in [-0.1, -0.05) is 30.3 Å². The number of sulfonamides is 1. The Morgan fingerprint density at radius 3 is 2.50 bits per heavy atom. The summed E-state index contributed by atoms with van der Waals surface area (Å²) in [5.41, 5.74) is 5.73. The van der Waals surface area contributed by atoms with Crippen LogP contribution in [0.5, 0.6) is 5.75 Å². The van der Waals surface area contributed by atoms with Crippen LogP contribution in [0.1, 0.15) is 22.0 Å². The summed E-state index contributed by atoms with van der Waals surface area (Å²) in [6.45, 7) is -0.659. The predicted molar refractivity (Wildman–Crippen MR) is 104 cm³/mol. The van der Waals surface area contributed by atoms with Gasteiger partial charge >= 0.3 is 6.09 Å². The summed E-state index contributed by atoms with van der Waals surface area (Å²) < 4.78 is 38.2. The molecule has 1 fully saturated rings. The Balaban J connectivity index is 1.95. The number of ether oxygens (including phenoxy) is 2. The van der Waals surface area contributed by atoms with E-state index in [4.69, 9.17) is 15.2 Å². The molecule has 2 aromatic carbocycles. The number of cyclic esters (lactones) is 1. The van der Waals surface area contributed by atoms with E-state index in [1.54, 1.807) is 30.3 Å². The number of carbonyl (C=O) groups is 3. The molecule has 0 saturated carbocycles. The highest BCUT2D eigenvalue weighted by Gasteiger charge is 2.35. The van der Waals surface area contributed by atoms with Gasteiger partial charge in [-0.25, -0.2) is 22.8 Å². The first-order valence-corrected chi connectivity index (χ1v) is 10.2. The smallest absolute Gasteiger partial charge is 0.417 e. The molecule has 0 aliphatic carbocycles. The Morgan fingerprint density at radius 2 is 1.93 bits per heavy atom. The lowest BCUT2D eigenvalue weighted by Crippen LogP contribution is -2.40. The molecule has 158 valence electrons. The predicted octanol–water partition coefficient (Wildman–Crippen LogP) is 0.792. The fourth-order valence-electron chi connectivity index (χ4n) is 2.94. The number of nitrogens with two attached hydrogens (primary N) is 1. The number of hydrogen-bond donors (Lipinski definition) is 2. The van der Waals surface area contributed by atoms with Crippen LogP contribution in [0.25, 0.3) is 0 Å². The Morgan fingerprint density at radius 1 is 1.23 bits per heavy atom. The lowest BCUT2D eigenvalue weighted by Gasteiger charge is -2.23. The molecule has 30 heavy (non-hydrogen) atoms. The van der Waals surface area contributed by atoms with Gasteiger partial charge < -0.3 is 15.2 Å². The van der Waals surface area contributed by atoms with Crippen LogP contribution in [0.15, 0.2) is 53.4 Å². The van der Waals surface area contributed by atoms with E-state index in [1.165, 1.54) is 19.2 Å². The van der Waals surface area contributed by atoms with E-state index < -0.39 is 40.6 Å². The first-order valence-electron chi connectivity index (χ1n) is 8.75. The molecule has 0 bridgehead atoms. The molecule has 1 aliphatic heterocycles. The third-order valence-electron chi connectivity index (χ3n) is 4.45. The van der Waals surface area contributed by atoms with Crippen molar-refractivity contribution in [1.29, 1.82) is 0 Å². The summed E-state index contributed by atoms with van der Waals surface area (Å²) >= 11 is 0. The average molecular weight is 433 g/mol. The van der Waals surface area contributed by atoms with Crippen molar-refractivity contribution >= 4 is 27.9 Å². The van der Waals surface area contributed by atoms with Crippen molar-refractivity contribution in [2.45, 2.75) is 10.9 Å². The van der Waals surface area contributed by atoms with Crippen molar-refractivity contribution < 1.29 is 32.3 Å². The van der Waals surface area contributed by atoms with Crippen LogP contribution >= 0.6 is 0 Å². The molecule has 1 heterocycles. The maximum atomic E-state index is 13.0. The molecule has 10 nitrogen and oxygen atoms in total. The highest BCUT2D eigenvalue weighted by molar-refractivity contribution is 7.89. The topological polar surface area (TPSA) is 145 Å². The second-order valence-corrected chi connectivity index (χ2v) is 8.08. The molecule has 3 amide bonds. The number of hydrogen-bond acceptors (Lipinski definition) is 7. The van der Waals surface area contributed by atoms with Gasteiger partial charge in [0, 0.05) is 0 Å². The molecule has 3 rings (SSSR count). The maximum absolute atomic E-state index is 13.0. The molecule has 2 aromatic rings. The quantitative estimate of drug-likeness (QED) is 0.626. The summed E-state index contributed by atoms with van der Waals surface area (Å²) in [5, 5.41) is 0. The average Bonchev–Trinajstić information content (AvgIpc) is 3.05. The highest BCUT2D eigenvalue weighted by atomic mass is 32.2.